The Hall–Kier alpha value is -1.44. The molecule has 2 N–H and O–H groups in total. The molecule has 0 aliphatic carbocycles. The third kappa shape index (κ3) is 3.20. The van der Waals surface area contributed by atoms with Crippen LogP contribution in [0.25, 0.3) is 0 Å². The highest BCUT2D eigenvalue weighted by Crippen LogP contribution is 2.37. The molecule has 6 atom stereocenters. The van der Waals surface area contributed by atoms with E-state index in [2.05, 4.69) is 4.90 Å². The second-order valence-electron chi connectivity index (χ2n) is 7.61. The van der Waals surface area contributed by atoms with Gasteiger partial charge in [-0.15, -0.1) is 0 Å². The summed E-state index contributed by atoms with van der Waals surface area (Å²) in [4.78, 5) is 27.1. The van der Waals surface area contributed by atoms with Crippen molar-refractivity contribution in [2.45, 2.75) is 57.5 Å². The zero-order valence-electron chi connectivity index (χ0n) is 15.0. The van der Waals surface area contributed by atoms with Crippen LogP contribution in [-0.2, 0) is 19.1 Å². The predicted molar refractivity (Wildman–Crippen MR) is 88.5 cm³/mol. The monoisotopic (exact) mass is 353 g/mol. The van der Waals surface area contributed by atoms with Crippen molar-refractivity contribution in [1.82, 2.24) is 4.90 Å². The van der Waals surface area contributed by atoms with Gasteiger partial charge in [0.15, 0.2) is 5.60 Å². The van der Waals surface area contributed by atoms with Crippen LogP contribution in [-0.4, -0.2) is 70.6 Å². The van der Waals surface area contributed by atoms with Crippen LogP contribution in [0.5, 0.6) is 0 Å². The summed E-state index contributed by atoms with van der Waals surface area (Å²) in [5.41, 5.74) is -1.28. The maximum atomic E-state index is 12.6. The van der Waals surface area contributed by atoms with Crippen LogP contribution >= 0.6 is 0 Å². The molecule has 0 aromatic carbocycles. The average Bonchev–Trinajstić information content (AvgIpc) is 3.08. The van der Waals surface area contributed by atoms with E-state index in [4.69, 9.17) is 9.47 Å². The van der Waals surface area contributed by atoms with Crippen molar-refractivity contribution in [2.24, 2.45) is 11.8 Å². The van der Waals surface area contributed by atoms with Gasteiger partial charge in [0.2, 0.25) is 0 Å². The summed E-state index contributed by atoms with van der Waals surface area (Å²) in [6.45, 7) is 6.07. The van der Waals surface area contributed by atoms with Gasteiger partial charge >= 0.3 is 11.9 Å². The van der Waals surface area contributed by atoms with E-state index in [0.29, 0.717) is 18.5 Å². The number of nitrogens with zero attached hydrogens (tertiary/aromatic N) is 1. The first-order valence-corrected chi connectivity index (χ1v) is 8.93. The molecule has 3 rings (SSSR count). The normalized spacial score (nSPS) is 44.7. The van der Waals surface area contributed by atoms with Crippen LogP contribution in [0.3, 0.4) is 0 Å². The molecule has 140 valence electrons. The first-order valence-electron chi connectivity index (χ1n) is 8.93. The second kappa shape index (κ2) is 6.70. The van der Waals surface area contributed by atoms with E-state index in [0.717, 1.165) is 6.54 Å². The van der Waals surface area contributed by atoms with Crippen LogP contribution in [0.1, 0.15) is 33.6 Å². The number of cyclic esters (lactones) is 1. The summed E-state index contributed by atoms with van der Waals surface area (Å²) in [7, 11) is 0. The second-order valence-corrected chi connectivity index (χ2v) is 7.61. The van der Waals surface area contributed by atoms with Crippen molar-refractivity contribution in [3.8, 4) is 0 Å². The minimum atomic E-state index is -1.72. The third-order valence-corrected chi connectivity index (χ3v) is 6.03. The molecule has 0 aromatic heterocycles. The van der Waals surface area contributed by atoms with Crippen molar-refractivity contribution in [1.29, 1.82) is 0 Å². The highest BCUT2D eigenvalue weighted by atomic mass is 16.6. The molecule has 0 unspecified atom stereocenters. The fraction of sp³-hybridized carbons (Fsp3) is 0.778. The first-order chi connectivity index (χ1) is 11.8. The van der Waals surface area contributed by atoms with E-state index in [1.807, 2.05) is 0 Å². The van der Waals surface area contributed by atoms with Gasteiger partial charge in [-0.1, -0.05) is 13.0 Å². The zero-order chi connectivity index (χ0) is 18.4. The highest BCUT2D eigenvalue weighted by Gasteiger charge is 2.51. The van der Waals surface area contributed by atoms with E-state index in [1.165, 1.54) is 6.92 Å². The largest absolute Gasteiger partial charge is 0.463 e. The Labute approximate surface area is 147 Å². The molecule has 0 saturated carbocycles. The predicted octanol–water partition coefficient (Wildman–Crippen LogP) is 0.243. The molecule has 0 amide bonds. The van der Waals surface area contributed by atoms with E-state index >= 15 is 0 Å². The summed E-state index contributed by atoms with van der Waals surface area (Å²) in [6, 6.07) is -0.161. The lowest BCUT2D eigenvalue weighted by molar-refractivity contribution is -0.173. The summed E-state index contributed by atoms with van der Waals surface area (Å²) in [6.07, 6.45) is 1.63. The molecule has 3 aliphatic rings. The van der Waals surface area contributed by atoms with Gasteiger partial charge in [0.1, 0.15) is 6.10 Å². The Kier molecular flexibility index (Phi) is 4.92. The summed E-state index contributed by atoms with van der Waals surface area (Å²) in [5, 5.41) is 20.9. The third-order valence-electron chi connectivity index (χ3n) is 6.03. The quantitative estimate of drug-likeness (QED) is 0.476. The Morgan fingerprint density at radius 2 is 2.08 bits per heavy atom. The van der Waals surface area contributed by atoms with E-state index in [1.54, 1.807) is 19.9 Å². The number of hydrogen-bond donors (Lipinski definition) is 2. The number of allylic oxidation sites excluding steroid dienone is 1. The van der Waals surface area contributed by atoms with Gasteiger partial charge < -0.3 is 19.7 Å². The molecule has 0 spiro atoms. The van der Waals surface area contributed by atoms with Crippen molar-refractivity contribution >= 4 is 11.9 Å². The number of hydrogen-bond acceptors (Lipinski definition) is 7. The van der Waals surface area contributed by atoms with Crippen molar-refractivity contribution in [3.05, 3.63) is 11.6 Å². The van der Waals surface area contributed by atoms with Gasteiger partial charge in [-0.3, -0.25) is 4.90 Å². The molecule has 25 heavy (non-hydrogen) atoms. The van der Waals surface area contributed by atoms with Gasteiger partial charge in [0.25, 0.3) is 0 Å². The topological polar surface area (TPSA) is 96.3 Å². The van der Waals surface area contributed by atoms with Gasteiger partial charge in [0, 0.05) is 24.6 Å². The lowest BCUT2D eigenvalue weighted by atomic mass is 9.85. The first kappa shape index (κ1) is 18.4. The number of aliphatic hydroxyl groups excluding tert-OH is 1. The average molecular weight is 353 g/mol. The van der Waals surface area contributed by atoms with Crippen molar-refractivity contribution in [3.63, 3.8) is 0 Å². The Balaban J connectivity index is 1.91. The zero-order valence-corrected chi connectivity index (χ0v) is 15.0. The molecule has 3 heterocycles. The molecule has 0 bridgehead atoms. The van der Waals surface area contributed by atoms with Crippen LogP contribution in [0.2, 0.25) is 0 Å². The molecule has 3 saturated heterocycles. The maximum Gasteiger partial charge on any atom is 0.338 e. The van der Waals surface area contributed by atoms with E-state index < -0.39 is 29.6 Å². The molecule has 7 nitrogen and oxygen atoms in total. The van der Waals surface area contributed by atoms with E-state index in [-0.39, 0.29) is 31.1 Å². The lowest BCUT2D eigenvalue weighted by Crippen LogP contribution is -2.47. The Bertz CT molecular complexity index is 586. The molecular weight excluding hydrogens is 326 g/mol. The highest BCUT2D eigenvalue weighted by molar-refractivity contribution is 5.89. The Morgan fingerprint density at radius 1 is 1.36 bits per heavy atom. The fourth-order valence-corrected chi connectivity index (χ4v) is 4.13. The van der Waals surface area contributed by atoms with Crippen LogP contribution in [0, 0.1) is 11.8 Å². The Morgan fingerprint density at radius 3 is 2.76 bits per heavy atom. The molecule has 0 aromatic rings. The van der Waals surface area contributed by atoms with Gasteiger partial charge in [-0.2, -0.15) is 0 Å². The SMILES string of the molecule is C/C=C1\C[C@@H](C)[C@@](C)(O)C(=O)OC[C@@H]2[C@H]3[C@@H](CCN3C[C@H]2O)OC1=O. The lowest BCUT2D eigenvalue weighted by Gasteiger charge is -2.32. The minimum Gasteiger partial charge on any atom is -0.463 e. The summed E-state index contributed by atoms with van der Waals surface area (Å²) >= 11 is 0. The number of carbonyl (C=O) groups excluding carboxylic acids is 2. The number of carbonyl (C=O) groups is 2. The molecular formula is C18H27NO6. The molecule has 0 radical (unpaired) electrons. The van der Waals surface area contributed by atoms with Crippen LogP contribution in [0.15, 0.2) is 11.6 Å². The van der Waals surface area contributed by atoms with Gasteiger partial charge in [-0.05, 0) is 32.6 Å². The number of aliphatic hydroxyl groups is 2. The smallest absolute Gasteiger partial charge is 0.338 e. The minimum absolute atomic E-state index is 0.00849. The number of esters is 2. The van der Waals surface area contributed by atoms with Crippen molar-refractivity contribution < 1.29 is 29.3 Å². The van der Waals surface area contributed by atoms with Crippen LogP contribution < -0.4 is 0 Å². The van der Waals surface area contributed by atoms with Crippen molar-refractivity contribution in [2.75, 3.05) is 19.7 Å². The standard InChI is InChI=1S/C18H27NO6/c1-4-11-7-10(2)18(3,23)17(22)24-9-12-13(20)8-19-6-5-14(15(12)19)25-16(11)21/h4,10,12-15,20,23H,5-9H2,1-3H3/b11-4+/t10-,12+,13-,14-,15+,18-/m1/s1. The molecule has 7 heteroatoms. The number of rotatable bonds is 0. The van der Waals surface area contributed by atoms with Gasteiger partial charge in [0.05, 0.1) is 18.8 Å². The summed E-state index contributed by atoms with van der Waals surface area (Å²) in [5.74, 6) is -1.97. The van der Waals surface area contributed by atoms with Gasteiger partial charge in [-0.25, -0.2) is 9.59 Å². The molecule has 3 fully saturated rings. The maximum absolute atomic E-state index is 12.6. The van der Waals surface area contributed by atoms with Crippen LogP contribution in [0.4, 0.5) is 0 Å². The molecule has 3 aliphatic heterocycles. The summed E-state index contributed by atoms with van der Waals surface area (Å²) < 4.78 is 11.1. The van der Waals surface area contributed by atoms with E-state index in [9.17, 15) is 19.8 Å². The number of ether oxygens (including phenoxy) is 2. The fourth-order valence-electron chi connectivity index (χ4n) is 4.13.